The van der Waals surface area contributed by atoms with Gasteiger partial charge in [-0.3, -0.25) is 4.99 Å². The number of aromatic amines is 1. The molecule has 0 fully saturated rings. The van der Waals surface area contributed by atoms with Crippen LogP contribution in [-0.4, -0.2) is 34.1 Å². The van der Waals surface area contributed by atoms with Gasteiger partial charge in [0, 0.05) is 17.9 Å². The summed E-state index contributed by atoms with van der Waals surface area (Å²) in [5.74, 6) is 1.21. The SMILES string of the molecule is NC(/C=C\c1ncc(-c2cc3ccccc3s2)[nH]1)=NCCCCO. The van der Waals surface area contributed by atoms with Crippen LogP contribution in [0.2, 0.25) is 0 Å². The smallest absolute Gasteiger partial charge is 0.130 e. The van der Waals surface area contributed by atoms with Gasteiger partial charge in [0.05, 0.1) is 16.8 Å². The summed E-state index contributed by atoms with van der Waals surface area (Å²) in [6.45, 7) is 0.820. The number of hydrogen-bond donors (Lipinski definition) is 3. The molecule has 124 valence electrons. The molecule has 5 nitrogen and oxygen atoms in total. The third-order valence-corrected chi connectivity index (χ3v) is 4.71. The number of fused-ring (bicyclic) bond motifs is 1. The molecule has 0 aliphatic rings. The summed E-state index contributed by atoms with van der Waals surface area (Å²) in [5.41, 5.74) is 6.83. The van der Waals surface area contributed by atoms with Crippen molar-refractivity contribution in [1.29, 1.82) is 0 Å². The van der Waals surface area contributed by atoms with E-state index in [2.05, 4.69) is 33.2 Å². The van der Waals surface area contributed by atoms with E-state index in [-0.39, 0.29) is 6.61 Å². The van der Waals surface area contributed by atoms with Crippen LogP contribution in [-0.2, 0) is 0 Å². The van der Waals surface area contributed by atoms with Gasteiger partial charge in [-0.2, -0.15) is 0 Å². The number of aliphatic imine (C=N–C) groups is 1. The number of nitrogens with two attached hydrogens (primary N) is 1. The number of nitrogens with one attached hydrogen (secondary N) is 1. The van der Waals surface area contributed by atoms with Crippen molar-refractivity contribution in [2.24, 2.45) is 10.7 Å². The van der Waals surface area contributed by atoms with Crippen molar-refractivity contribution in [2.75, 3.05) is 13.2 Å². The van der Waals surface area contributed by atoms with E-state index in [4.69, 9.17) is 10.8 Å². The van der Waals surface area contributed by atoms with E-state index in [1.165, 1.54) is 10.1 Å². The second-order valence-corrected chi connectivity index (χ2v) is 6.49. The van der Waals surface area contributed by atoms with Gasteiger partial charge in [-0.1, -0.05) is 18.2 Å². The van der Waals surface area contributed by atoms with Crippen LogP contribution in [0.25, 0.3) is 26.7 Å². The molecular formula is C18H20N4OS. The van der Waals surface area contributed by atoms with Crippen LogP contribution < -0.4 is 5.73 Å². The lowest BCUT2D eigenvalue weighted by Gasteiger charge is -1.94. The average molecular weight is 340 g/mol. The van der Waals surface area contributed by atoms with E-state index in [0.717, 1.165) is 29.2 Å². The number of aromatic nitrogens is 2. The Balaban J connectivity index is 1.68. The fourth-order valence-electron chi connectivity index (χ4n) is 2.31. The fourth-order valence-corrected chi connectivity index (χ4v) is 3.34. The molecule has 0 atom stereocenters. The van der Waals surface area contributed by atoms with E-state index in [9.17, 15) is 0 Å². The number of rotatable bonds is 7. The molecule has 24 heavy (non-hydrogen) atoms. The Morgan fingerprint density at radius 2 is 2.21 bits per heavy atom. The highest BCUT2D eigenvalue weighted by atomic mass is 32.1. The zero-order chi connectivity index (χ0) is 16.8. The van der Waals surface area contributed by atoms with Crippen molar-refractivity contribution in [3.05, 3.63) is 48.4 Å². The van der Waals surface area contributed by atoms with Gasteiger partial charge in [-0.15, -0.1) is 11.3 Å². The first-order valence-corrected chi connectivity index (χ1v) is 8.71. The molecule has 3 rings (SSSR count). The molecule has 2 heterocycles. The summed E-state index contributed by atoms with van der Waals surface area (Å²) in [5, 5.41) is 9.96. The number of thiophene rings is 1. The number of aliphatic hydroxyl groups excluding tert-OH is 1. The highest BCUT2D eigenvalue weighted by Crippen LogP contribution is 2.32. The maximum atomic E-state index is 8.72. The van der Waals surface area contributed by atoms with Crippen LogP contribution in [0.5, 0.6) is 0 Å². The number of amidine groups is 1. The second-order valence-electron chi connectivity index (χ2n) is 5.40. The van der Waals surface area contributed by atoms with E-state index in [1.54, 1.807) is 17.4 Å². The Labute approximate surface area is 144 Å². The Kier molecular flexibility index (Phi) is 5.40. The summed E-state index contributed by atoms with van der Waals surface area (Å²) in [4.78, 5) is 13.0. The topological polar surface area (TPSA) is 87.3 Å². The molecule has 0 bridgehead atoms. The summed E-state index contributed by atoms with van der Waals surface area (Å²) < 4.78 is 1.26. The molecule has 0 saturated carbocycles. The van der Waals surface area contributed by atoms with Crippen molar-refractivity contribution < 1.29 is 5.11 Å². The minimum Gasteiger partial charge on any atom is -0.396 e. The quantitative estimate of drug-likeness (QED) is 0.350. The zero-order valence-corrected chi connectivity index (χ0v) is 14.1. The normalized spacial score (nSPS) is 12.5. The molecular weight excluding hydrogens is 320 g/mol. The summed E-state index contributed by atoms with van der Waals surface area (Å²) >= 11 is 1.74. The van der Waals surface area contributed by atoms with Gasteiger partial charge < -0.3 is 15.8 Å². The maximum absolute atomic E-state index is 8.72. The Hall–Kier alpha value is -2.44. The summed E-state index contributed by atoms with van der Waals surface area (Å²) in [6.07, 6.45) is 6.98. The fraction of sp³-hybridized carbons (Fsp3) is 0.222. The Morgan fingerprint density at radius 3 is 3.04 bits per heavy atom. The number of hydrogen-bond acceptors (Lipinski definition) is 4. The first-order valence-electron chi connectivity index (χ1n) is 7.89. The third-order valence-electron chi connectivity index (χ3n) is 3.56. The zero-order valence-electron chi connectivity index (χ0n) is 13.3. The Morgan fingerprint density at radius 1 is 1.33 bits per heavy atom. The maximum Gasteiger partial charge on any atom is 0.130 e. The first-order chi connectivity index (χ1) is 11.8. The predicted octanol–water partition coefficient (Wildman–Crippen LogP) is 3.43. The molecule has 4 N–H and O–H groups in total. The third kappa shape index (κ3) is 4.10. The lowest BCUT2D eigenvalue weighted by Crippen LogP contribution is -2.08. The average Bonchev–Trinajstić information content (AvgIpc) is 3.23. The van der Waals surface area contributed by atoms with E-state index in [0.29, 0.717) is 12.4 Å². The lowest BCUT2D eigenvalue weighted by molar-refractivity contribution is 0.285. The molecule has 0 saturated heterocycles. The first kappa shape index (κ1) is 16.4. The standard InChI is InChI=1S/C18H20N4OS/c19-17(20-9-3-4-10-23)7-8-18-21-12-14(22-18)16-11-13-5-1-2-6-15(13)24-16/h1-2,5-8,11-12,23H,3-4,9-10H2,(H2,19,20)(H,21,22)/b8-7-. The summed E-state index contributed by atoms with van der Waals surface area (Å²) in [7, 11) is 0. The van der Waals surface area contributed by atoms with Crippen molar-refractivity contribution >= 4 is 33.3 Å². The van der Waals surface area contributed by atoms with Crippen LogP contribution in [0.15, 0.2) is 47.6 Å². The number of nitrogens with zero attached hydrogens (tertiary/aromatic N) is 2. The monoisotopic (exact) mass is 340 g/mol. The number of H-pyrrole nitrogens is 1. The van der Waals surface area contributed by atoms with Gasteiger partial charge in [0.1, 0.15) is 11.7 Å². The van der Waals surface area contributed by atoms with Gasteiger partial charge in [-0.25, -0.2) is 4.98 Å². The number of imidazole rings is 1. The molecule has 3 aromatic rings. The van der Waals surface area contributed by atoms with Gasteiger partial charge in [0.2, 0.25) is 0 Å². The highest BCUT2D eigenvalue weighted by molar-refractivity contribution is 7.22. The van der Waals surface area contributed by atoms with Crippen molar-refractivity contribution in [2.45, 2.75) is 12.8 Å². The minimum absolute atomic E-state index is 0.193. The molecule has 0 spiro atoms. The van der Waals surface area contributed by atoms with E-state index < -0.39 is 0 Å². The molecule has 0 amide bonds. The van der Waals surface area contributed by atoms with E-state index in [1.807, 2.05) is 24.4 Å². The molecule has 0 radical (unpaired) electrons. The van der Waals surface area contributed by atoms with Crippen molar-refractivity contribution in [1.82, 2.24) is 9.97 Å². The largest absolute Gasteiger partial charge is 0.396 e. The van der Waals surface area contributed by atoms with Gasteiger partial charge in [0.25, 0.3) is 0 Å². The molecule has 2 aromatic heterocycles. The van der Waals surface area contributed by atoms with E-state index >= 15 is 0 Å². The molecule has 1 aromatic carbocycles. The van der Waals surface area contributed by atoms with Crippen LogP contribution >= 0.6 is 11.3 Å². The van der Waals surface area contributed by atoms with Crippen LogP contribution in [0, 0.1) is 0 Å². The van der Waals surface area contributed by atoms with Crippen LogP contribution in [0.3, 0.4) is 0 Å². The number of unbranched alkanes of at least 4 members (excludes halogenated alkanes) is 1. The summed E-state index contributed by atoms with van der Waals surface area (Å²) in [6, 6.07) is 10.5. The molecule has 0 aliphatic carbocycles. The minimum atomic E-state index is 0.193. The number of benzene rings is 1. The van der Waals surface area contributed by atoms with Crippen molar-refractivity contribution in [3.8, 4) is 10.6 Å². The highest BCUT2D eigenvalue weighted by Gasteiger charge is 2.06. The van der Waals surface area contributed by atoms with Gasteiger partial charge in [-0.05, 0) is 42.5 Å². The van der Waals surface area contributed by atoms with Gasteiger partial charge >= 0.3 is 0 Å². The molecule has 0 unspecified atom stereocenters. The molecule has 6 heteroatoms. The predicted molar refractivity (Wildman–Crippen MR) is 101 cm³/mol. The van der Waals surface area contributed by atoms with Crippen LogP contribution in [0.1, 0.15) is 18.7 Å². The van der Waals surface area contributed by atoms with Crippen LogP contribution in [0.4, 0.5) is 0 Å². The number of aliphatic hydroxyl groups is 1. The second kappa shape index (κ2) is 7.90. The molecule has 0 aliphatic heterocycles. The lowest BCUT2D eigenvalue weighted by atomic mass is 10.2. The van der Waals surface area contributed by atoms with Gasteiger partial charge in [0.15, 0.2) is 0 Å². The van der Waals surface area contributed by atoms with Crippen molar-refractivity contribution in [3.63, 3.8) is 0 Å². The Bertz CT molecular complexity index is 830.